The van der Waals surface area contributed by atoms with E-state index in [0.29, 0.717) is 0 Å². The van der Waals surface area contributed by atoms with Crippen LogP contribution >= 0.6 is 0 Å². The molecule has 11 rings (SSSR count). The van der Waals surface area contributed by atoms with Crippen LogP contribution in [0.1, 0.15) is 22.6 Å². The van der Waals surface area contributed by atoms with Gasteiger partial charge in [-0.15, -0.1) is 0 Å². The van der Waals surface area contributed by atoms with Crippen LogP contribution in [0.4, 0.5) is 17.1 Å². The van der Waals surface area contributed by atoms with E-state index in [4.69, 9.17) is 0 Å². The Bertz CT molecular complexity index is 3220. The molecule has 0 aliphatic heterocycles. The van der Waals surface area contributed by atoms with Gasteiger partial charge in [-0.3, -0.25) is 0 Å². The largest absolute Gasteiger partial charge is 0.310 e. The van der Waals surface area contributed by atoms with Crippen molar-refractivity contribution in [3.05, 3.63) is 253 Å². The zero-order valence-electron chi connectivity index (χ0n) is 33.2. The Morgan fingerprint density at radius 1 is 0.400 bits per heavy atom. The van der Waals surface area contributed by atoms with E-state index < -0.39 is 0 Å². The Kier molecular flexibility index (Phi) is 9.02. The fourth-order valence-corrected chi connectivity index (χ4v) is 9.43. The van der Waals surface area contributed by atoms with Crippen molar-refractivity contribution in [2.24, 2.45) is 0 Å². The lowest BCUT2D eigenvalue weighted by atomic mass is 9.84. The van der Waals surface area contributed by atoms with Gasteiger partial charge in [0, 0.05) is 39.3 Å². The lowest BCUT2D eigenvalue weighted by molar-refractivity contribution is 0.806. The van der Waals surface area contributed by atoms with Gasteiger partial charge in [0.25, 0.3) is 0 Å². The Morgan fingerprint density at radius 2 is 1.00 bits per heavy atom. The average molecular weight is 767 g/mol. The minimum Gasteiger partial charge on any atom is -0.310 e. The van der Waals surface area contributed by atoms with E-state index >= 15 is 0 Å². The number of benzene rings is 10. The van der Waals surface area contributed by atoms with E-state index in [9.17, 15) is 0 Å². The van der Waals surface area contributed by atoms with Crippen molar-refractivity contribution in [2.45, 2.75) is 12.3 Å². The van der Waals surface area contributed by atoms with Crippen LogP contribution in [0.25, 0.3) is 60.2 Å². The lowest BCUT2D eigenvalue weighted by Gasteiger charge is -2.27. The van der Waals surface area contributed by atoms with E-state index in [1.807, 2.05) is 0 Å². The van der Waals surface area contributed by atoms with Gasteiger partial charge in [-0.2, -0.15) is 0 Å². The monoisotopic (exact) mass is 766 g/mol. The van der Waals surface area contributed by atoms with Gasteiger partial charge >= 0.3 is 0 Å². The highest BCUT2D eigenvalue weighted by Gasteiger charge is 2.25. The van der Waals surface area contributed by atoms with Gasteiger partial charge in [-0.1, -0.05) is 182 Å². The number of rotatable bonds is 9. The SMILES string of the molecule is c1ccc(CC(c2ccccc2)c2ccc3ccc4c(-c5ccc(N(c6ccccc6)c6ccccc6)c6c7ccccc7n(-c7ccccc7)c56)cccc4c3c2)cc1. The minimum absolute atomic E-state index is 0.224. The van der Waals surface area contributed by atoms with E-state index in [1.165, 1.54) is 71.2 Å². The van der Waals surface area contributed by atoms with Gasteiger partial charge < -0.3 is 9.47 Å². The summed E-state index contributed by atoms with van der Waals surface area (Å²) in [5.74, 6) is 0.224. The van der Waals surface area contributed by atoms with Gasteiger partial charge in [-0.25, -0.2) is 0 Å². The summed E-state index contributed by atoms with van der Waals surface area (Å²) >= 11 is 0. The second kappa shape index (κ2) is 15.2. The molecular formula is C58H42N2. The molecule has 2 heteroatoms. The van der Waals surface area contributed by atoms with Crippen LogP contribution in [-0.4, -0.2) is 4.57 Å². The van der Waals surface area contributed by atoms with Gasteiger partial charge in [0.05, 0.1) is 16.7 Å². The lowest BCUT2D eigenvalue weighted by Crippen LogP contribution is -2.10. The van der Waals surface area contributed by atoms with E-state index in [0.717, 1.165) is 29.2 Å². The number of hydrogen-bond donors (Lipinski definition) is 0. The molecule has 1 heterocycles. The predicted octanol–water partition coefficient (Wildman–Crippen LogP) is 15.6. The second-order valence-electron chi connectivity index (χ2n) is 15.7. The Hall–Kier alpha value is -7.68. The van der Waals surface area contributed by atoms with Crippen molar-refractivity contribution in [1.82, 2.24) is 4.57 Å². The molecule has 0 fully saturated rings. The van der Waals surface area contributed by atoms with Gasteiger partial charge in [0.15, 0.2) is 0 Å². The zero-order chi connectivity index (χ0) is 39.8. The average Bonchev–Trinajstić information content (AvgIpc) is 3.68. The Morgan fingerprint density at radius 3 is 1.72 bits per heavy atom. The van der Waals surface area contributed by atoms with Crippen LogP contribution in [0.5, 0.6) is 0 Å². The molecule has 0 saturated carbocycles. The number of aromatic nitrogens is 1. The maximum atomic E-state index is 2.48. The summed E-state index contributed by atoms with van der Waals surface area (Å²) in [6.45, 7) is 0. The van der Waals surface area contributed by atoms with Crippen LogP contribution in [-0.2, 0) is 6.42 Å². The van der Waals surface area contributed by atoms with Crippen molar-refractivity contribution >= 4 is 60.4 Å². The number of nitrogens with zero attached hydrogens (tertiary/aromatic N) is 2. The fraction of sp³-hybridized carbons (Fsp3) is 0.0345. The number of anilines is 3. The molecule has 1 aromatic heterocycles. The normalized spacial score (nSPS) is 12.0. The van der Waals surface area contributed by atoms with Crippen LogP contribution in [0, 0.1) is 0 Å². The molecule has 1 unspecified atom stereocenters. The zero-order valence-corrected chi connectivity index (χ0v) is 33.2. The van der Waals surface area contributed by atoms with Crippen molar-refractivity contribution in [2.75, 3.05) is 4.90 Å². The first-order valence-corrected chi connectivity index (χ1v) is 20.9. The van der Waals surface area contributed by atoms with Crippen LogP contribution in [0.2, 0.25) is 0 Å². The van der Waals surface area contributed by atoms with Crippen molar-refractivity contribution in [1.29, 1.82) is 0 Å². The van der Waals surface area contributed by atoms with Crippen molar-refractivity contribution in [3.63, 3.8) is 0 Å². The van der Waals surface area contributed by atoms with Gasteiger partial charge in [0.1, 0.15) is 0 Å². The van der Waals surface area contributed by atoms with E-state index in [-0.39, 0.29) is 5.92 Å². The molecule has 2 nitrogen and oxygen atoms in total. The maximum absolute atomic E-state index is 2.48. The van der Waals surface area contributed by atoms with Gasteiger partial charge in [-0.05, 0) is 105 Å². The van der Waals surface area contributed by atoms with Crippen molar-refractivity contribution < 1.29 is 0 Å². The molecule has 1 atom stereocenters. The van der Waals surface area contributed by atoms with Gasteiger partial charge in [0.2, 0.25) is 0 Å². The summed E-state index contributed by atoms with van der Waals surface area (Å²) < 4.78 is 2.48. The number of para-hydroxylation sites is 4. The topological polar surface area (TPSA) is 8.17 Å². The van der Waals surface area contributed by atoms with Crippen molar-refractivity contribution in [3.8, 4) is 16.8 Å². The third kappa shape index (κ3) is 6.22. The van der Waals surface area contributed by atoms with Crippen LogP contribution in [0.15, 0.2) is 237 Å². The molecule has 0 N–H and O–H groups in total. The first kappa shape index (κ1) is 35.5. The van der Waals surface area contributed by atoms with Crippen LogP contribution < -0.4 is 4.90 Å². The standard InChI is InChI=1S/C58H42N2/c1-6-19-41(20-7-1)39-53(42-21-8-2-9-22-42)44-34-33-43-35-36-50-48(30-18-31-49(50)54(43)40-44)51-37-38-56(59(45-23-10-3-11-24-45)46-25-12-4-13-26-46)57-52-29-16-17-32-55(52)60(58(51)57)47-27-14-5-15-28-47/h1-38,40,53H,39H2. The highest BCUT2D eigenvalue weighted by Crippen LogP contribution is 2.48. The third-order valence-electron chi connectivity index (χ3n) is 12.2. The first-order chi connectivity index (χ1) is 29.8. The third-order valence-corrected chi connectivity index (χ3v) is 12.2. The second-order valence-corrected chi connectivity index (χ2v) is 15.7. The molecule has 0 spiro atoms. The smallest absolute Gasteiger partial charge is 0.0640 e. The first-order valence-electron chi connectivity index (χ1n) is 20.9. The summed E-state index contributed by atoms with van der Waals surface area (Å²) in [4.78, 5) is 2.41. The summed E-state index contributed by atoms with van der Waals surface area (Å²) in [7, 11) is 0. The molecule has 0 amide bonds. The molecule has 60 heavy (non-hydrogen) atoms. The number of hydrogen-bond acceptors (Lipinski definition) is 1. The molecule has 0 radical (unpaired) electrons. The summed E-state index contributed by atoms with van der Waals surface area (Å²) in [6, 6.07) is 86.4. The molecule has 284 valence electrons. The van der Waals surface area contributed by atoms with E-state index in [2.05, 4.69) is 246 Å². The Labute approximate surface area is 350 Å². The molecule has 0 bridgehead atoms. The number of fused-ring (bicyclic) bond motifs is 6. The van der Waals surface area contributed by atoms with E-state index in [1.54, 1.807) is 0 Å². The summed E-state index contributed by atoms with van der Waals surface area (Å²) in [6.07, 6.45) is 0.934. The molecule has 0 aliphatic carbocycles. The summed E-state index contributed by atoms with van der Waals surface area (Å²) in [5.41, 5.74) is 13.3. The summed E-state index contributed by atoms with van der Waals surface area (Å²) in [5, 5.41) is 7.44. The highest BCUT2D eigenvalue weighted by atomic mass is 15.1. The Balaban J connectivity index is 1.18. The molecular weight excluding hydrogens is 725 g/mol. The molecule has 11 aromatic rings. The fourth-order valence-electron chi connectivity index (χ4n) is 9.43. The predicted molar refractivity (Wildman–Crippen MR) is 254 cm³/mol. The minimum atomic E-state index is 0.224. The molecule has 10 aromatic carbocycles. The maximum Gasteiger partial charge on any atom is 0.0640 e. The highest BCUT2D eigenvalue weighted by molar-refractivity contribution is 6.22. The molecule has 0 aliphatic rings. The van der Waals surface area contributed by atoms with Crippen LogP contribution in [0.3, 0.4) is 0 Å². The quantitative estimate of drug-likeness (QED) is 0.133. The molecule has 0 saturated heterocycles.